The number of hydrogen-bond acceptors (Lipinski definition) is 7. The molecule has 4 rings (SSSR count). The van der Waals surface area contributed by atoms with Crippen LogP contribution in [-0.4, -0.2) is 67.8 Å². The fourth-order valence-electron chi connectivity index (χ4n) is 5.22. The van der Waals surface area contributed by atoms with Crippen LogP contribution in [0.5, 0.6) is 5.75 Å². The molecule has 9 nitrogen and oxygen atoms in total. The molecule has 1 aromatic heterocycles. The Kier molecular flexibility index (Phi) is 9.85. The van der Waals surface area contributed by atoms with Gasteiger partial charge in [0.1, 0.15) is 11.4 Å². The van der Waals surface area contributed by atoms with Gasteiger partial charge >= 0.3 is 6.09 Å². The van der Waals surface area contributed by atoms with Gasteiger partial charge in [-0.25, -0.2) is 9.78 Å². The van der Waals surface area contributed by atoms with Crippen molar-refractivity contribution in [2.24, 2.45) is 0 Å². The van der Waals surface area contributed by atoms with Crippen molar-refractivity contribution in [3.63, 3.8) is 0 Å². The Balaban J connectivity index is 1.64. The molecule has 2 aromatic carbocycles. The SMILES string of the molecule is COc1cc(C)cc(N(CCO[Si](C)(C)C(C)(C)C)c2ccc3ncn(C4CCN(C(=O)OC(C)(C)C)CC4)c(=O)c3c2)c1. The highest BCUT2D eigenvalue weighted by Crippen LogP contribution is 2.37. The van der Waals surface area contributed by atoms with E-state index in [2.05, 4.69) is 49.8 Å². The number of nitrogens with zero attached hydrogens (tertiary/aromatic N) is 4. The quantitative estimate of drug-likeness (QED) is 0.241. The summed E-state index contributed by atoms with van der Waals surface area (Å²) in [6.45, 7) is 21.1. The van der Waals surface area contributed by atoms with E-state index in [-0.39, 0.29) is 22.7 Å². The molecule has 0 unspecified atom stereocenters. The number of amides is 1. The van der Waals surface area contributed by atoms with Crippen LogP contribution in [0.3, 0.4) is 0 Å². The van der Waals surface area contributed by atoms with Gasteiger partial charge in [-0.3, -0.25) is 9.36 Å². The first-order valence-corrected chi connectivity index (χ1v) is 18.5. The minimum absolute atomic E-state index is 0.0446. The number of ether oxygens (including phenoxy) is 2. The van der Waals surface area contributed by atoms with Crippen LogP contribution >= 0.6 is 0 Å². The lowest BCUT2D eigenvalue weighted by Crippen LogP contribution is -2.43. The molecule has 1 fully saturated rings. The van der Waals surface area contributed by atoms with Crippen molar-refractivity contribution in [2.45, 2.75) is 91.1 Å². The zero-order valence-electron chi connectivity index (χ0n) is 28.2. The fourth-order valence-corrected chi connectivity index (χ4v) is 6.26. The number of fused-ring (bicyclic) bond motifs is 1. The van der Waals surface area contributed by atoms with Crippen molar-refractivity contribution in [2.75, 3.05) is 38.3 Å². The van der Waals surface area contributed by atoms with Crippen molar-refractivity contribution in [1.82, 2.24) is 14.5 Å². The molecule has 2 heterocycles. The summed E-state index contributed by atoms with van der Waals surface area (Å²) < 4.78 is 19.4. The molecule has 240 valence electrons. The first kappa shape index (κ1) is 33.5. The van der Waals surface area contributed by atoms with E-state index in [0.717, 1.165) is 22.7 Å². The second kappa shape index (κ2) is 12.9. The summed E-state index contributed by atoms with van der Waals surface area (Å²) in [5.74, 6) is 0.776. The number of aromatic nitrogens is 2. The van der Waals surface area contributed by atoms with Crippen LogP contribution in [0.15, 0.2) is 47.5 Å². The van der Waals surface area contributed by atoms with E-state index in [1.807, 2.05) is 58.0 Å². The molecule has 0 spiro atoms. The number of aryl methyl sites for hydroxylation is 1. The van der Waals surface area contributed by atoms with E-state index in [1.54, 1.807) is 22.9 Å². The molecule has 0 radical (unpaired) electrons. The fraction of sp³-hybridized carbons (Fsp3) is 0.559. The van der Waals surface area contributed by atoms with Gasteiger partial charge in [-0.1, -0.05) is 20.8 Å². The largest absolute Gasteiger partial charge is 0.497 e. The Hall–Kier alpha value is -3.37. The third kappa shape index (κ3) is 7.82. The maximum absolute atomic E-state index is 13.9. The Bertz CT molecular complexity index is 1530. The second-order valence-electron chi connectivity index (χ2n) is 14.3. The highest BCUT2D eigenvalue weighted by Gasteiger charge is 2.37. The molecule has 1 amide bonds. The molecule has 0 atom stereocenters. The number of carbonyl (C=O) groups is 1. The van der Waals surface area contributed by atoms with Crippen molar-refractivity contribution in [3.05, 3.63) is 58.6 Å². The van der Waals surface area contributed by atoms with Crippen LogP contribution in [0.25, 0.3) is 10.9 Å². The number of methoxy groups -OCH3 is 1. The standard InChI is InChI=1S/C34H50N4O5Si/c1-24-19-27(21-28(20-24)41-8)37(17-18-42-44(9,10)34(5,6)7)26-11-12-30-29(22-26)31(39)38(23-35-30)25-13-15-36(16-14-25)32(40)43-33(2,3)4/h11-12,19-23,25H,13-18H2,1-10H3. The van der Waals surface area contributed by atoms with E-state index in [4.69, 9.17) is 13.9 Å². The summed E-state index contributed by atoms with van der Waals surface area (Å²) in [5.41, 5.74) is 2.97. The van der Waals surface area contributed by atoms with Crippen molar-refractivity contribution in [1.29, 1.82) is 0 Å². The van der Waals surface area contributed by atoms with Gasteiger partial charge in [-0.05, 0) is 94.6 Å². The molecule has 44 heavy (non-hydrogen) atoms. The van der Waals surface area contributed by atoms with Crippen LogP contribution < -0.4 is 15.2 Å². The minimum atomic E-state index is -1.95. The molecule has 1 saturated heterocycles. The average Bonchev–Trinajstić information content (AvgIpc) is 2.94. The zero-order valence-corrected chi connectivity index (χ0v) is 29.2. The van der Waals surface area contributed by atoms with Gasteiger partial charge < -0.3 is 23.7 Å². The Labute approximate surface area is 263 Å². The predicted molar refractivity (Wildman–Crippen MR) is 180 cm³/mol. The van der Waals surface area contributed by atoms with E-state index in [0.29, 0.717) is 50.0 Å². The molecule has 10 heteroatoms. The topological polar surface area (TPSA) is 86.1 Å². The summed E-state index contributed by atoms with van der Waals surface area (Å²) in [6.07, 6.45) is 2.65. The minimum Gasteiger partial charge on any atom is -0.497 e. The number of carbonyl (C=O) groups excluding carboxylic acids is 1. The monoisotopic (exact) mass is 622 g/mol. The number of anilines is 2. The van der Waals surface area contributed by atoms with Gasteiger partial charge in [0.25, 0.3) is 5.56 Å². The summed E-state index contributed by atoms with van der Waals surface area (Å²) in [5, 5.41) is 0.669. The Morgan fingerprint density at radius 2 is 1.70 bits per heavy atom. The average molecular weight is 623 g/mol. The van der Waals surface area contributed by atoms with Crippen LogP contribution in [0.2, 0.25) is 18.1 Å². The lowest BCUT2D eigenvalue weighted by atomic mass is 10.0. The van der Waals surface area contributed by atoms with E-state index in [1.165, 1.54) is 0 Å². The van der Waals surface area contributed by atoms with Crippen LogP contribution in [0.1, 0.15) is 66.0 Å². The molecule has 3 aromatic rings. The maximum atomic E-state index is 13.9. The van der Waals surface area contributed by atoms with E-state index >= 15 is 0 Å². The van der Waals surface area contributed by atoms with Gasteiger partial charge in [0.15, 0.2) is 8.32 Å². The normalized spacial score (nSPS) is 15.0. The van der Waals surface area contributed by atoms with Gasteiger partial charge in [-0.15, -0.1) is 0 Å². The number of benzene rings is 2. The summed E-state index contributed by atoms with van der Waals surface area (Å²) >= 11 is 0. The third-order valence-corrected chi connectivity index (χ3v) is 13.3. The predicted octanol–water partition coefficient (Wildman–Crippen LogP) is 7.45. The van der Waals surface area contributed by atoms with Crippen molar-refractivity contribution >= 4 is 36.7 Å². The molecule has 0 bridgehead atoms. The summed E-state index contributed by atoms with van der Waals surface area (Å²) in [6, 6.07) is 12.0. The molecule has 1 aliphatic rings. The van der Waals surface area contributed by atoms with Crippen LogP contribution in [-0.2, 0) is 9.16 Å². The van der Waals surface area contributed by atoms with Gasteiger partial charge in [-0.2, -0.15) is 0 Å². The molecule has 0 N–H and O–H groups in total. The van der Waals surface area contributed by atoms with E-state index < -0.39 is 13.9 Å². The number of likely N-dealkylation sites (tertiary alicyclic amines) is 1. The number of piperidine rings is 1. The smallest absolute Gasteiger partial charge is 0.410 e. The number of rotatable bonds is 8. The van der Waals surface area contributed by atoms with Crippen LogP contribution in [0.4, 0.5) is 16.2 Å². The first-order valence-electron chi connectivity index (χ1n) is 15.5. The molecule has 0 saturated carbocycles. The third-order valence-electron chi connectivity index (χ3n) is 8.75. The van der Waals surface area contributed by atoms with Gasteiger partial charge in [0.05, 0.1) is 30.9 Å². The van der Waals surface area contributed by atoms with Gasteiger partial charge in [0, 0.05) is 43.1 Å². The Morgan fingerprint density at radius 1 is 1.02 bits per heavy atom. The first-order chi connectivity index (χ1) is 20.5. The highest BCUT2D eigenvalue weighted by atomic mass is 28.4. The van der Waals surface area contributed by atoms with Crippen LogP contribution in [0, 0.1) is 6.92 Å². The molecule has 1 aliphatic heterocycles. The lowest BCUT2D eigenvalue weighted by molar-refractivity contribution is 0.0187. The highest BCUT2D eigenvalue weighted by molar-refractivity contribution is 6.74. The summed E-state index contributed by atoms with van der Waals surface area (Å²) in [7, 11) is -0.281. The molecular weight excluding hydrogens is 572 g/mol. The van der Waals surface area contributed by atoms with Gasteiger partial charge in [0.2, 0.25) is 0 Å². The van der Waals surface area contributed by atoms with E-state index in [9.17, 15) is 9.59 Å². The Morgan fingerprint density at radius 3 is 2.32 bits per heavy atom. The number of hydrogen-bond donors (Lipinski definition) is 0. The zero-order chi connectivity index (χ0) is 32.4. The molecule has 0 aliphatic carbocycles. The lowest BCUT2D eigenvalue weighted by Gasteiger charge is -2.37. The second-order valence-corrected chi connectivity index (χ2v) is 19.1. The molecular formula is C34H50N4O5Si. The van der Waals surface area contributed by atoms with Crippen molar-refractivity contribution < 1.29 is 18.7 Å². The summed E-state index contributed by atoms with van der Waals surface area (Å²) in [4.78, 5) is 35.0. The van der Waals surface area contributed by atoms with Crippen molar-refractivity contribution in [3.8, 4) is 5.75 Å². The maximum Gasteiger partial charge on any atom is 0.410 e.